The van der Waals surface area contributed by atoms with E-state index in [1.54, 1.807) is 0 Å². The van der Waals surface area contributed by atoms with Crippen LogP contribution in [0.5, 0.6) is 0 Å². The number of amides is 2. The third kappa shape index (κ3) is 2.77. The Morgan fingerprint density at radius 2 is 2.00 bits per heavy atom. The van der Waals surface area contributed by atoms with Crippen molar-refractivity contribution in [3.8, 4) is 0 Å². The fraction of sp³-hybridized carbons (Fsp3) is 0.684. The van der Waals surface area contributed by atoms with E-state index in [-0.39, 0.29) is 17.2 Å². The first-order valence-electron chi connectivity index (χ1n) is 9.14. The van der Waals surface area contributed by atoms with Crippen LogP contribution in [0.3, 0.4) is 0 Å². The van der Waals surface area contributed by atoms with Gasteiger partial charge in [0.25, 0.3) is 0 Å². The molecular weight excluding hydrogens is 320 g/mol. The van der Waals surface area contributed by atoms with Crippen LogP contribution in [0.25, 0.3) is 0 Å². The highest BCUT2D eigenvalue weighted by molar-refractivity contribution is 7.12. The molecule has 0 bridgehead atoms. The molecule has 24 heavy (non-hydrogen) atoms. The number of likely N-dealkylation sites (tertiary alicyclic amines) is 2. The zero-order valence-corrected chi connectivity index (χ0v) is 15.4. The average molecular weight is 346 g/mol. The van der Waals surface area contributed by atoms with Gasteiger partial charge in [-0.2, -0.15) is 0 Å². The molecule has 1 aromatic rings. The van der Waals surface area contributed by atoms with E-state index in [1.165, 1.54) is 9.75 Å². The van der Waals surface area contributed by atoms with E-state index >= 15 is 0 Å². The second-order valence-corrected chi connectivity index (χ2v) is 9.23. The zero-order chi connectivity index (χ0) is 16.9. The van der Waals surface area contributed by atoms with Crippen LogP contribution in [0.2, 0.25) is 0 Å². The Hall–Kier alpha value is -1.36. The van der Waals surface area contributed by atoms with E-state index in [2.05, 4.69) is 24.0 Å². The van der Waals surface area contributed by atoms with Crippen LogP contribution in [0.1, 0.15) is 48.3 Å². The Balaban J connectivity index is 1.30. The molecule has 0 radical (unpaired) electrons. The number of rotatable bonds is 4. The molecule has 1 aliphatic carbocycles. The molecule has 130 valence electrons. The number of carbonyl (C=O) groups is 2. The summed E-state index contributed by atoms with van der Waals surface area (Å²) in [5.74, 6) is 1.29. The second kappa shape index (κ2) is 5.87. The van der Waals surface area contributed by atoms with E-state index in [0.29, 0.717) is 18.2 Å². The summed E-state index contributed by atoms with van der Waals surface area (Å²) in [6.45, 7) is 7.61. The van der Waals surface area contributed by atoms with Crippen molar-refractivity contribution in [2.45, 2.75) is 45.4 Å². The molecule has 3 aliphatic rings. The summed E-state index contributed by atoms with van der Waals surface area (Å²) in [7, 11) is 0. The minimum atomic E-state index is 0.197. The summed E-state index contributed by atoms with van der Waals surface area (Å²) in [6, 6.07) is 4.34. The molecule has 4 nitrogen and oxygen atoms in total. The molecule has 1 saturated carbocycles. The Kier molecular flexibility index (Phi) is 3.94. The van der Waals surface area contributed by atoms with Crippen LogP contribution in [0.4, 0.5) is 0 Å². The molecule has 0 unspecified atom stereocenters. The van der Waals surface area contributed by atoms with Crippen molar-refractivity contribution in [2.24, 2.45) is 11.3 Å². The summed E-state index contributed by atoms with van der Waals surface area (Å²) < 4.78 is 0. The van der Waals surface area contributed by atoms with Gasteiger partial charge in [0.2, 0.25) is 11.8 Å². The molecule has 3 heterocycles. The van der Waals surface area contributed by atoms with Gasteiger partial charge < -0.3 is 9.80 Å². The Labute approximate surface area is 147 Å². The Bertz CT molecular complexity index is 662. The van der Waals surface area contributed by atoms with Gasteiger partial charge in [0.05, 0.1) is 0 Å². The average Bonchev–Trinajstić information content (AvgIpc) is 2.98. The topological polar surface area (TPSA) is 40.6 Å². The van der Waals surface area contributed by atoms with Gasteiger partial charge in [0.15, 0.2) is 0 Å². The summed E-state index contributed by atoms with van der Waals surface area (Å²) in [4.78, 5) is 31.5. The normalized spacial score (nSPS) is 27.4. The SMILES string of the molecule is CCCC(=O)N1CC2(CCN(C(=O)[C@@H]3C[C@H]3c3ccc(C)s3)C2)C1. The fourth-order valence-corrected chi connectivity index (χ4v) is 5.42. The van der Waals surface area contributed by atoms with E-state index in [0.717, 1.165) is 45.4 Å². The number of carbonyl (C=O) groups excluding carboxylic acids is 2. The molecule has 2 amide bonds. The molecule has 1 spiro atoms. The van der Waals surface area contributed by atoms with Gasteiger partial charge in [-0.15, -0.1) is 11.3 Å². The van der Waals surface area contributed by atoms with Crippen molar-refractivity contribution >= 4 is 23.2 Å². The Morgan fingerprint density at radius 3 is 2.67 bits per heavy atom. The number of hydrogen-bond donors (Lipinski definition) is 0. The predicted octanol–water partition coefficient (Wildman–Crippen LogP) is 3.02. The first-order chi connectivity index (χ1) is 11.5. The number of hydrogen-bond acceptors (Lipinski definition) is 3. The van der Waals surface area contributed by atoms with E-state index in [9.17, 15) is 9.59 Å². The van der Waals surface area contributed by atoms with Crippen LogP contribution >= 0.6 is 11.3 Å². The molecule has 1 aromatic heterocycles. The summed E-state index contributed by atoms with van der Waals surface area (Å²) in [5, 5.41) is 0. The smallest absolute Gasteiger partial charge is 0.226 e. The molecular formula is C19H26N2O2S. The highest BCUT2D eigenvalue weighted by Crippen LogP contribution is 2.51. The third-order valence-corrected chi connectivity index (χ3v) is 6.99. The van der Waals surface area contributed by atoms with Gasteiger partial charge in [-0.05, 0) is 38.3 Å². The van der Waals surface area contributed by atoms with E-state index in [1.807, 2.05) is 23.2 Å². The van der Waals surface area contributed by atoms with Crippen molar-refractivity contribution < 1.29 is 9.59 Å². The Morgan fingerprint density at radius 1 is 1.25 bits per heavy atom. The largest absolute Gasteiger partial charge is 0.342 e. The van der Waals surface area contributed by atoms with Crippen LogP contribution in [0, 0.1) is 18.3 Å². The van der Waals surface area contributed by atoms with Crippen molar-refractivity contribution in [2.75, 3.05) is 26.2 Å². The van der Waals surface area contributed by atoms with Crippen LogP contribution in [-0.4, -0.2) is 47.8 Å². The van der Waals surface area contributed by atoms with Gasteiger partial charge >= 0.3 is 0 Å². The lowest BCUT2D eigenvalue weighted by Crippen LogP contribution is -2.59. The highest BCUT2D eigenvalue weighted by Gasteiger charge is 2.53. The molecule has 5 heteroatoms. The lowest BCUT2D eigenvalue weighted by Gasteiger charge is -2.48. The second-order valence-electron chi connectivity index (χ2n) is 7.91. The van der Waals surface area contributed by atoms with Gasteiger partial charge in [0.1, 0.15) is 0 Å². The van der Waals surface area contributed by atoms with E-state index in [4.69, 9.17) is 0 Å². The minimum Gasteiger partial charge on any atom is -0.342 e. The molecule has 4 rings (SSSR count). The summed E-state index contributed by atoms with van der Waals surface area (Å²) in [5.41, 5.74) is 0.197. The van der Waals surface area contributed by atoms with Crippen LogP contribution in [0.15, 0.2) is 12.1 Å². The molecule has 3 fully saturated rings. The maximum Gasteiger partial charge on any atom is 0.226 e. The molecule has 2 atom stereocenters. The van der Waals surface area contributed by atoms with Crippen LogP contribution < -0.4 is 0 Å². The van der Waals surface area contributed by atoms with Crippen molar-refractivity contribution in [3.63, 3.8) is 0 Å². The van der Waals surface area contributed by atoms with Gasteiger partial charge in [-0.1, -0.05) is 6.92 Å². The fourth-order valence-electron chi connectivity index (χ4n) is 4.36. The maximum atomic E-state index is 12.8. The monoisotopic (exact) mass is 346 g/mol. The lowest BCUT2D eigenvalue weighted by atomic mass is 9.79. The predicted molar refractivity (Wildman–Crippen MR) is 95.0 cm³/mol. The maximum absolute atomic E-state index is 12.8. The van der Waals surface area contributed by atoms with E-state index < -0.39 is 0 Å². The van der Waals surface area contributed by atoms with Crippen molar-refractivity contribution in [1.29, 1.82) is 0 Å². The van der Waals surface area contributed by atoms with Crippen molar-refractivity contribution in [1.82, 2.24) is 9.80 Å². The van der Waals surface area contributed by atoms with Gasteiger partial charge in [-0.3, -0.25) is 9.59 Å². The van der Waals surface area contributed by atoms with Crippen molar-refractivity contribution in [3.05, 3.63) is 21.9 Å². The molecule has 0 N–H and O–H groups in total. The third-order valence-electron chi connectivity index (χ3n) is 5.85. The molecule has 2 saturated heterocycles. The highest BCUT2D eigenvalue weighted by atomic mass is 32.1. The van der Waals surface area contributed by atoms with Gasteiger partial charge in [0, 0.05) is 59.6 Å². The number of aryl methyl sites for hydroxylation is 1. The zero-order valence-electron chi connectivity index (χ0n) is 14.6. The summed E-state index contributed by atoms with van der Waals surface area (Å²) in [6.07, 6.45) is 3.65. The number of thiophene rings is 1. The lowest BCUT2D eigenvalue weighted by molar-refractivity contribution is -0.143. The quantitative estimate of drug-likeness (QED) is 0.841. The first-order valence-corrected chi connectivity index (χ1v) is 9.96. The standard InChI is InChI=1S/C19H26N2O2S/c1-3-4-17(22)21-11-19(12-21)7-8-20(10-19)18(23)15-9-14(15)16-6-5-13(2)24-16/h5-6,14-15H,3-4,7-12H2,1-2H3/t14-,15-/m1/s1. The molecule has 2 aliphatic heterocycles. The minimum absolute atomic E-state index is 0.197. The van der Waals surface area contributed by atoms with Gasteiger partial charge in [-0.25, -0.2) is 0 Å². The summed E-state index contributed by atoms with van der Waals surface area (Å²) >= 11 is 1.83. The van der Waals surface area contributed by atoms with Crippen LogP contribution in [-0.2, 0) is 9.59 Å². The first kappa shape index (κ1) is 16.1. The molecule has 0 aromatic carbocycles. The number of nitrogens with zero attached hydrogens (tertiary/aromatic N) is 2.